The molecule has 12 heteroatoms. The summed E-state index contributed by atoms with van der Waals surface area (Å²) in [6.45, 7) is 6.43. The van der Waals surface area contributed by atoms with Crippen LogP contribution in [0.4, 0.5) is 0 Å². The summed E-state index contributed by atoms with van der Waals surface area (Å²) >= 11 is 0. The number of aliphatic hydroxyl groups excluding tert-OH is 4. The summed E-state index contributed by atoms with van der Waals surface area (Å²) < 4.78 is 29.9. The van der Waals surface area contributed by atoms with Gasteiger partial charge in [-0.25, -0.2) is 0 Å². The Hall–Kier alpha value is -2.90. The molecule has 1 aromatic heterocycles. The van der Waals surface area contributed by atoms with Crippen LogP contribution in [0, 0.1) is 11.8 Å². The van der Waals surface area contributed by atoms with Gasteiger partial charge in [-0.3, -0.25) is 9.59 Å². The zero-order chi connectivity index (χ0) is 30.8. The Morgan fingerprint density at radius 3 is 2.58 bits per heavy atom. The van der Waals surface area contributed by atoms with Crippen molar-refractivity contribution in [1.82, 2.24) is 5.32 Å². The quantitative estimate of drug-likeness (QED) is 0.186. The van der Waals surface area contributed by atoms with E-state index < -0.39 is 43.2 Å². The number of hydrogen-bond donors (Lipinski definition) is 5. The smallest absolute Gasteiger partial charge is 0.309 e. The van der Waals surface area contributed by atoms with Crippen molar-refractivity contribution in [2.24, 2.45) is 11.8 Å². The summed E-state index contributed by atoms with van der Waals surface area (Å²) in [5, 5.41) is 45.1. The number of aryl methyl sites for hydroxylation is 1. The Morgan fingerprint density at radius 1 is 1.12 bits per heavy atom. The molecule has 7 atom stereocenters. The lowest BCUT2D eigenvalue weighted by molar-refractivity contribution is -0.277. The molecule has 5 N–H and O–H groups in total. The number of carbonyl (C=O) groups excluding carboxylic acids is 2. The van der Waals surface area contributed by atoms with E-state index in [0.29, 0.717) is 49.5 Å². The summed E-state index contributed by atoms with van der Waals surface area (Å²) in [7, 11) is 0. The predicted molar refractivity (Wildman–Crippen MR) is 153 cm³/mol. The fraction of sp³-hybridized carbons (Fsp3) is 0.677. The number of benzene rings is 1. The van der Waals surface area contributed by atoms with E-state index in [1.807, 2.05) is 0 Å². The lowest BCUT2D eigenvalue weighted by Gasteiger charge is -2.40. The lowest BCUT2D eigenvalue weighted by Crippen LogP contribution is -2.60. The molecule has 0 saturated carbocycles. The summed E-state index contributed by atoms with van der Waals surface area (Å²) in [6.07, 6.45) is -2.57. The second kappa shape index (κ2) is 13.4. The van der Waals surface area contributed by atoms with Crippen LogP contribution in [0.2, 0.25) is 0 Å². The first-order valence-corrected chi connectivity index (χ1v) is 15.3. The number of carbonyl (C=O) groups is 2. The molecule has 43 heavy (non-hydrogen) atoms. The van der Waals surface area contributed by atoms with E-state index in [9.17, 15) is 30.0 Å². The van der Waals surface area contributed by atoms with Gasteiger partial charge in [0, 0.05) is 35.4 Å². The Bertz CT molecular complexity index is 1300. The molecule has 3 heterocycles. The molecular weight excluding hydrogens is 562 g/mol. The SMILES string of the molecule is CCOC(=O)C1CCc2c(c(OC3OC(CO)C(O)C(O)C3O)c(OCCCC(C)C)c3occ(C4CNC(=O)C4)c23)C1. The molecule has 12 nitrogen and oxygen atoms in total. The molecule has 2 aliphatic heterocycles. The number of hydrogen-bond acceptors (Lipinski definition) is 11. The zero-order valence-corrected chi connectivity index (χ0v) is 24.9. The van der Waals surface area contributed by atoms with Crippen molar-refractivity contribution in [3.05, 3.63) is 23.0 Å². The van der Waals surface area contributed by atoms with E-state index in [2.05, 4.69) is 19.2 Å². The van der Waals surface area contributed by atoms with Crippen molar-refractivity contribution in [2.45, 2.75) is 95.9 Å². The molecule has 2 aromatic rings. The zero-order valence-electron chi connectivity index (χ0n) is 24.9. The van der Waals surface area contributed by atoms with Gasteiger partial charge >= 0.3 is 5.97 Å². The van der Waals surface area contributed by atoms with Crippen LogP contribution >= 0.6 is 0 Å². The summed E-state index contributed by atoms with van der Waals surface area (Å²) in [5.41, 5.74) is 2.83. The molecule has 5 rings (SSSR count). The molecular formula is C31H43NO11. The highest BCUT2D eigenvalue weighted by Gasteiger charge is 2.46. The largest absolute Gasteiger partial charge is 0.486 e. The monoisotopic (exact) mass is 605 g/mol. The number of aliphatic hydroxyl groups is 4. The Morgan fingerprint density at radius 2 is 1.91 bits per heavy atom. The summed E-state index contributed by atoms with van der Waals surface area (Å²) in [6, 6.07) is 0. The van der Waals surface area contributed by atoms with Gasteiger partial charge in [0.25, 0.3) is 0 Å². The number of furan rings is 1. The van der Waals surface area contributed by atoms with Gasteiger partial charge in [0.05, 0.1) is 32.0 Å². The number of ether oxygens (including phenoxy) is 4. The molecule has 0 bridgehead atoms. The van der Waals surface area contributed by atoms with Crippen molar-refractivity contribution in [3.8, 4) is 11.5 Å². The van der Waals surface area contributed by atoms with Crippen LogP contribution in [0.15, 0.2) is 10.7 Å². The number of fused-ring (bicyclic) bond motifs is 3. The maximum atomic E-state index is 12.9. The van der Waals surface area contributed by atoms with Gasteiger partial charge in [-0.05, 0) is 50.5 Å². The van der Waals surface area contributed by atoms with E-state index in [0.717, 1.165) is 29.4 Å². The van der Waals surface area contributed by atoms with Crippen molar-refractivity contribution >= 4 is 22.8 Å². The van der Waals surface area contributed by atoms with Gasteiger partial charge in [0.15, 0.2) is 11.3 Å². The van der Waals surface area contributed by atoms with E-state index in [-0.39, 0.29) is 42.3 Å². The first kappa shape index (κ1) is 31.5. The molecule has 0 spiro atoms. The average molecular weight is 606 g/mol. The van der Waals surface area contributed by atoms with Crippen LogP contribution in [0.25, 0.3) is 11.0 Å². The second-order valence-corrected chi connectivity index (χ2v) is 12.1. The third-order valence-corrected chi connectivity index (χ3v) is 8.66. The first-order chi connectivity index (χ1) is 20.6. The normalized spacial score (nSPS) is 29.0. The van der Waals surface area contributed by atoms with Crippen LogP contribution in [-0.4, -0.2) is 89.4 Å². The minimum atomic E-state index is -1.65. The van der Waals surface area contributed by atoms with Crippen LogP contribution in [0.3, 0.4) is 0 Å². The molecule has 1 aromatic carbocycles. The first-order valence-electron chi connectivity index (χ1n) is 15.3. The van der Waals surface area contributed by atoms with Crippen molar-refractivity contribution in [1.29, 1.82) is 0 Å². The van der Waals surface area contributed by atoms with Crippen molar-refractivity contribution < 1.29 is 53.4 Å². The van der Waals surface area contributed by atoms with Crippen LogP contribution in [0.5, 0.6) is 11.5 Å². The van der Waals surface area contributed by atoms with Gasteiger partial charge in [-0.1, -0.05) is 13.8 Å². The highest BCUT2D eigenvalue weighted by molar-refractivity contribution is 5.95. The van der Waals surface area contributed by atoms with Crippen molar-refractivity contribution in [2.75, 3.05) is 26.4 Å². The second-order valence-electron chi connectivity index (χ2n) is 12.1. The topological polar surface area (TPSA) is 177 Å². The maximum absolute atomic E-state index is 12.9. The number of amides is 1. The van der Waals surface area contributed by atoms with Crippen LogP contribution in [0.1, 0.15) is 69.1 Å². The Labute approximate surface area is 250 Å². The number of rotatable bonds is 11. The fourth-order valence-corrected chi connectivity index (χ4v) is 6.33. The molecule has 238 valence electrons. The van der Waals surface area contributed by atoms with Gasteiger partial charge in [0.2, 0.25) is 17.9 Å². The lowest BCUT2D eigenvalue weighted by atomic mass is 9.80. The highest BCUT2D eigenvalue weighted by Crippen LogP contribution is 2.50. The number of nitrogens with one attached hydrogen (secondary N) is 1. The maximum Gasteiger partial charge on any atom is 0.309 e. The minimum Gasteiger partial charge on any atom is -0.486 e. The third-order valence-electron chi connectivity index (χ3n) is 8.66. The fourth-order valence-electron chi connectivity index (χ4n) is 6.33. The number of esters is 1. The van der Waals surface area contributed by atoms with Crippen LogP contribution in [-0.2, 0) is 31.9 Å². The Balaban J connectivity index is 1.64. The van der Waals surface area contributed by atoms with Gasteiger partial charge in [-0.2, -0.15) is 0 Å². The summed E-state index contributed by atoms with van der Waals surface area (Å²) in [5.74, 6) is -0.000303. The molecule has 2 fully saturated rings. The summed E-state index contributed by atoms with van der Waals surface area (Å²) in [4.78, 5) is 25.0. The van der Waals surface area contributed by atoms with Gasteiger partial charge in [0.1, 0.15) is 24.4 Å². The third kappa shape index (κ3) is 6.34. The molecule has 1 amide bonds. The molecule has 0 radical (unpaired) electrons. The Kier molecular flexibility index (Phi) is 9.82. The van der Waals surface area contributed by atoms with Gasteiger partial charge < -0.3 is 49.1 Å². The molecule has 1 aliphatic carbocycles. The van der Waals surface area contributed by atoms with Crippen LogP contribution < -0.4 is 14.8 Å². The van der Waals surface area contributed by atoms with Gasteiger partial charge in [-0.15, -0.1) is 0 Å². The molecule has 2 saturated heterocycles. The van der Waals surface area contributed by atoms with Crippen molar-refractivity contribution in [3.63, 3.8) is 0 Å². The van der Waals surface area contributed by atoms with E-state index in [1.54, 1.807) is 13.2 Å². The molecule has 7 unspecified atom stereocenters. The molecule has 3 aliphatic rings. The minimum absolute atomic E-state index is 0.0386. The van der Waals surface area contributed by atoms with E-state index >= 15 is 0 Å². The van der Waals surface area contributed by atoms with E-state index in [1.165, 1.54) is 0 Å². The standard InChI is InChI=1S/C31H43NO11/c1-4-39-30(38)16-7-8-18-19(10-16)27(43-31-26(37)25(36)24(35)21(13-33)42-31)29(40-9-5-6-15(2)3)28-23(18)20(14-41-28)17-11-22(34)32-12-17/h14-17,21,24-26,31,33,35-37H,4-13H2,1-3H3,(H,32,34). The highest BCUT2D eigenvalue weighted by atomic mass is 16.7. The average Bonchev–Trinajstić information content (AvgIpc) is 3.62. The van der Waals surface area contributed by atoms with E-state index in [4.69, 9.17) is 23.4 Å². The predicted octanol–water partition coefficient (Wildman–Crippen LogP) is 1.70.